The van der Waals surface area contributed by atoms with Gasteiger partial charge in [-0.3, -0.25) is 4.57 Å². The summed E-state index contributed by atoms with van der Waals surface area (Å²) in [6.45, 7) is 10.9. The zero-order valence-electron chi connectivity index (χ0n) is 19.5. The minimum absolute atomic E-state index is 0.104. The molecule has 4 heteroatoms. The van der Waals surface area contributed by atoms with Crippen molar-refractivity contribution in [1.29, 1.82) is 0 Å². The molecule has 4 aromatic rings. The van der Waals surface area contributed by atoms with Crippen LogP contribution in [0, 0.1) is 0 Å². The third kappa shape index (κ3) is 4.03. The van der Waals surface area contributed by atoms with Crippen molar-refractivity contribution in [2.75, 3.05) is 0 Å². The minimum Gasteiger partial charge on any atom is -0.517 e. The van der Waals surface area contributed by atoms with Crippen molar-refractivity contribution in [1.82, 2.24) is 9.55 Å². The van der Waals surface area contributed by atoms with Gasteiger partial charge in [-0.1, -0.05) is 112 Å². The van der Waals surface area contributed by atoms with Gasteiger partial charge in [0.25, 0.3) is 15.1 Å². The first kappa shape index (κ1) is 22.1. The van der Waals surface area contributed by atoms with Gasteiger partial charge in [0.1, 0.15) is 5.54 Å². The van der Waals surface area contributed by atoms with Crippen molar-refractivity contribution >= 4 is 9.04 Å². The second-order valence-electron chi connectivity index (χ2n) is 9.35. The lowest BCUT2D eigenvalue weighted by molar-refractivity contribution is 0.420. The summed E-state index contributed by atoms with van der Waals surface area (Å²) >= 11 is 0. The number of imidazole rings is 1. The van der Waals surface area contributed by atoms with Crippen LogP contribution in [0.3, 0.4) is 0 Å². The Bertz CT molecular complexity index is 1050. The van der Waals surface area contributed by atoms with Gasteiger partial charge in [0.05, 0.1) is 5.69 Å². The summed E-state index contributed by atoms with van der Waals surface area (Å²) in [5, 5.41) is 0. The van der Waals surface area contributed by atoms with Crippen LogP contribution in [0.2, 0.25) is 13.1 Å². The monoisotopic (exact) mass is 439 g/mol. The highest BCUT2D eigenvalue weighted by Crippen LogP contribution is 2.44. The van der Waals surface area contributed by atoms with Crippen LogP contribution in [0.15, 0.2) is 97.2 Å². The molecule has 3 aromatic carbocycles. The van der Waals surface area contributed by atoms with Crippen molar-refractivity contribution in [2.24, 2.45) is 0 Å². The van der Waals surface area contributed by atoms with E-state index in [1.807, 2.05) is 0 Å². The van der Waals surface area contributed by atoms with Crippen LogP contribution in [-0.4, -0.2) is 18.6 Å². The summed E-state index contributed by atoms with van der Waals surface area (Å²) in [5.41, 5.74) is 3.80. The fourth-order valence-electron chi connectivity index (χ4n) is 4.17. The Balaban J connectivity index is 2.15. The number of rotatable bonds is 6. The summed E-state index contributed by atoms with van der Waals surface area (Å²) in [6.07, 6.45) is 2.19. The smallest absolute Gasteiger partial charge is 0.283 e. The molecule has 0 N–H and O–H groups in total. The molecule has 0 saturated heterocycles. The largest absolute Gasteiger partial charge is 0.517 e. The highest BCUT2D eigenvalue weighted by Gasteiger charge is 2.41. The van der Waals surface area contributed by atoms with Gasteiger partial charge in [-0.2, -0.15) is 0 Å². The third-order valence-corrected chi connectivity index (χ3v) is 6.26. The Labute approximate surface area is 193 Å². The zero-order chi connectivity index (χ0) is 22.8. The number of nitrogens with zero attached hydrogens (tertiary/aromatic N) is 2. The van der Waals surface area contributed by atoms with Crippen LogP contribution in [0.1, 0.15) is 43.2 Å². The Kier molecular flexibility index (Phi) is 6.07. The summed E-state index contributed by atoms with van der Waals surface area (Å²) < 4.78 is 8.70. The number of benzene rings is 3. The average Bonchev–Trinajstić information content (AvgIpc) is 3.21. The Morgan fingerprint density at radius 1 is 0.688 bits per heavy atom. The van der Waals surface area contributed by atoms with Gasteiger partial charge < -0.3 is 4.43 Å². The van der Waals surface area contributed by atoms with Crippen molar-refractivity contribution in [2.45, 2.75) is 44.8 Å². The van der Waals surface area contributed by atoms with Crippen LogP contribution in [0.5, 0.6) is 6.01 Å². The lowest BCUT2D eigenvalue weighted by Gasteiger charge is -2.38. The van der Waals surface area contributed by atoms with Crippen LogP contribution < -0.4 is 4.43 Å². The maximum Gasteiger partial charge on any atom is 0.283 e. The molecule has 0 fully saturated rings. The molecule has 1 heterocycles. The van der Waals surface area contributed by atoms with E-state index >= 15 is 0 Å². The SMILES string of the molecule is C[Si](C)Oc1nc(C(C)(C)C)cn1C(c1ccccc1)(c1ccccc1)c1ccccc1. The molecule has 0 bridgehead atoms. The fraction of sp³-hybridized carbons (Fsp3) is 0.250. The van der Waals surface area contributed by atoms with Crippen LogP contribution >= 0.6 is 0 Å². The molecule has 0 amide bonds. The van der Waals surface area contributed by atoms with Gasteiger partial charge in [-0.05, 0) is 29.8 Å². The second kappa shape index (κ2) is 8.79. The zero-order valence-corrected chi connectivity index (χ0v) is 20.5. The van der Waals surface area contributed by atoms with E-state index in [0.717, 1.165) is 5.69 Å². The van der Waals surface area contributed by atoms with E-state index in [0.29, 0.717) is 6.01 Å². The summed E-state index contributed by atoms with van der Waals surface area (Å²) in [7, 11) is -1.03. The summed E-state index contributed by atoms with van der Waals surface area (Å²) in [5.74, 6) is 0. The Hall–Kier alpha value is -3.11. The summed E-state index contributed by atoms with van der Waals surface area (Å²) in [4.78, 5) is 5.03. The molecule has 4 rings (SSSR count). The number of aromatic nitrogens is 2. The van der Waals surface area contributed by atoms with Crippen LogP contribution in [0.25, 0.3) is 0 Å². The van der Waals surface area contributed by atoms with Crippen molar-refractivity contribution in [3.8, 4) is 6.01 Å². The molecule has 0 unspecified atom stereocenters. The number of hydrogen-bond acceptors (Lipinski definition) is 2. The van der Waals surface area contributed by atoms with E-state index in [9.17, 15) is 0 Å². The Morgan fingerprint density at radius 2 is 1.09 bits per heavy atom. The van der Waals surface area contributed by atoms with E-state index in [1.54, 1.807) is 0 Å². The molecule has 0 spiro atoms. The molecular weight excluding hydrogens is 408 g/mol. The van der Waals surface area contributed by atoms with Gasteiger partial charge in [-0.15, -0.1) is 0 Å². The first-order valence-corrected chi connectivity index (χ1v) is 13.5. The lowest BCUT2D eigenvalue weighted by atomic mass is 9.76. The lowest BCUT2D eigenvalue weighted by Crippen LogP contribution is -2.38. The van der Waals surface area contributed by atoms with Crippen LogP contribution in [-0.2, 0) is 11.0 Å². The second-order valence-corrected chi connectivity index (χ2v) is 11.4. The molecule has 0 saturated carbocycles. The normalized spacial score (nSPS) is 12.2. The standard InChI is InChI=1S/C28H31N2OSi/c1-27(2,3)25-21-30(26(29-25)31-32(4)5)28(22-15-9-6-10-16-22,23-17-11-7-12-18-23)24-19-13-8-14-20-24/h6-21H,1-5H3. The highest BCUT2D eigenvalue weighted by molar-refractivity contribution is 6.49. The van der Waals surface area contributed by atoms with Gasteiger partial charge >= 0.3 is 0 Å². The van der Waals surface area contributed by atoms with E-state index < -0.39 is 14.6 Å². The van der Waals surface area contributed by atoms with Crippen LogP contribution in [0.4, 0.5) is 0 Å². The predicted octanol–water partition coefficient (Wildman–Crippen LogP) is 6.65. The van der Waals surface area contributed by atoms with Gasteiger partial charge in [0.2, 0.25) is 0 Å². The minimum atomic E-state index is -1.03. The molecule has 32 heavy (non-hydrogen) atoms. The molecule has 163 valence electrons. The molecule has 0 aliphatic heterocycles. The fourth-order valence-corrected chi connectivity index (χ4v) is 4.68. The quantitative estimate of drug-likeness (QED) is 0.248. The first-order valence-electron chi connectivity index (χ1n) is 11.1. The van der Waals surface area contributed by atoms with Gasteiger partial charge in [0, 0.05) is 11.6 Å². The van der Waals surface area contributed by atoms with E-state index in [-0.39, 0.29) is 5.41 Å². The molecule has 0 atom stereocenters. The van der Waals surface area contributed by atoms with Gasteiger partial charge in [-0.25, -0.2) is 4.98 Å². The number of hydrogen-bond donors (Lipinski definition) is 0. The molecule has 0 aliphatic carbocycles. The average molecular weight is 440 g/mol. The molecular formula is C28H31N2OSi. The van der Waals surface area contributed by atoms with Crippen molar-refractivity contribution in [3.05, 3.63) is 120 Å². The molecule has 1 aromatic heterocycles. The predicted molar refractivity (Wildman–Crippen MR) is 134 cm³/mol. The first-order chi connectivity index (χ1) is 15.3. The maximum atomic E-state index is 6.45. The van der Waals surface area contributed by atoms with Gasteiger partial charge in [0.15, 0.2) is 0 Å². The van der Waals surface area contributed by atoms with E-state index in [1.165, 1.54) is 16.7 Å². The molecule has 3 nitrogen and oxygen atoms in total. The summed E-state index contributed by atoms with van der Waals surface area (Å²) in [6, 6.07) is 32.7. The molecule has 1 radical (unpaired) electrons. The topological polar surface area (TPSA) is 27.1 Å². The molecule has 0 aliphatic rings. The van der Waals surface area contributed by atoms with E-state index in [4.69, 9.17) is 9.41 Å². The Morgan fingerprint density at radius 3 is 1.44 bits per heavy atom. The third-order valence-electron chi connectivity index (χ3n) is 5.67. The van der Waals surface area contributed by atoms with Crippen molar-refractivity contribution < 1.29 is 4.43 Å². The van der Waals surface area contributed by atoms with E-state index in [2.05, 4.69) is 136 Å². The maximum absolute atomic E-state index is 6.45. The van der Waals surface area contributed by atoms with Crippen molar-refractivity contribution in [3.63, 3.8) is 0 Å². The highest BCUT2D eigenvalue weighted by atomic mass is 28.3.